The third kappa shape index (κ3) is 3.72. The molecule has 2 aromatic rings. The summed E-state index contributed by atoms with van der Waals surface area (Å²) in [5.74, 6) is 1.01. The molecule has 1 heterocycles. The lowest BCUT2D eigenvalue weighted by Gasteiger charge is -2.10. The van der Waals surface area contributed by atoms with Crippen molar-refractivity contribution in [2.75, 3.05) is 18.5 Å². The zero-order valence-electron chi connectivity index (χ0n) is 10.9. The molecule has 0 unspecified atom stereocenters. The zero-order chi connectivity index (χ0) is 13.7. The first-order chi connectivity index (χ1) is 9.20. The van der Waals surface area contributed by atoms with Crippen molar-refractivity contribution in [3.05, 3.63) is 47.0 Å². The number of hydrogen-bond donors (Lipinski definition) is 2. The van der Waals surface area contributed by atoms with Crippen LogP contribution in [0.5, 0.6) is 0 Å². The first-order valence-electron chi connectivity index (χ1n) is 6.31. The van der Waals surface area contributed by atoms with Crippen molar-refractivity contribution < 1.29 is 5.11 Å². The lowest BCUT2D eigenvalue weighted by atomic mass is 10.1. The van der Waals surface area contributed by atoms with E-state index < -0.39 is 0 Å². The average Bonchev–Trinajstić information content (AvgIpc) is 2.81. The molecule has 0 aliphatic heterocycles. The summed E-state index contributed by atoms with van der Waals surface area (Å²) in [5.41, 5.74) is 2.05. The summed E-state index contributed by atoms with van der Waals surface area (Å²) >= 11 is 6.26. The number of anilines is 1. The van der Waals surface area contributed by atoms with E-state index in [4.69, 9.17) is 16.7 Å². The second kappa shape index (κ2) is 6.59. The summed E-state index contributed by atoms with van der Waals surface area (Å²) in [4.78, 5) is 4.20. The number of nitrogens with zero attached hydrogens (tertiary/aromatic N) is 2. The number of aliphatic hydroxyl groups excluding tert-OH is 1. The topological polar surface area (TPSA) is 50.1 Å². The quantitative estimate of drug-likeness (QED) is 0.854. The average molecular weight is 280 g/mol. The highest BCUT2D eigenvalue weighted by Gasteiger charge is 2.03. The Kier molecular flexibility index (Phi) is 4.82. The molecule has 1 aromatic heterocycles. The molecule has 0 saturated heterocycles. The van der Waals surface area contributed by atoms with Crippen LogP contribution in [-0.4, -0.2) is 27.8 Å². The van der Waals surface area contributed by atoms with Gasteiger partial charge in [0.1, 0.15) is 5.82 Å². The number of hydrogen-bond acceptors (Lipinski definition) is 3. The molecule has 0 fully saturated rings. The number of rotatable bonds is 6. The van der Waals surface area contributed by atoms with Gasteiger partial charge in [0, 0.05) is 36.2 Å². The Morgan fingerprint density at radius 1 is 1.42 bits per heavy atom. The molecular formula is C14H18ClN3O. The van der Waals surface area contributed by atoms with Crippen LogP contribution in [0.3, 0.4) is 0 Å². The highest BCUT2D eigenvalue weighted by atomic mass is 35.5. The van der Waals surface area contributed by atoms with Gasteiger partial charge in [0.2, 0.25) is 0 Å². The molecule has 0 aliphatic rings. The van der Waals surface area contributed by atoms with Gasteiger partial charge in [0.25, 0.3) is 0 Å². The molecule has 5 heteroatoms. The molecule has 0 amide bonds. The molecule has 19 heavy (non-hydrogen) atoms. The van der Waals surface area contributed by atoms with Crippen LogP contribution in [0, 0.1) is 6.92 Å². The summed E-state index contributed by atoms with van der Waals surface area (Å²) in [6, 6.07) is 5.90. The van der Waals surface area contributed by atoms with Crippen molar-refractivity contribution in [3.63, 3.8) is 0 Å². The Bertz CT molecular complexity index is 539. The number of nitrogens with one attached hydrogen (secondary N) is 1. The van der Waals surface area contributed by atoms with Crippen LogP contribution in [0.15, 0.2) is 30.6 Å². The standard InChI is InChI=1S/C14H18ClN3O/c1-11-16-5-8-18(11)7-4-12-2-3-13(10-14(12)15)17-6-9-19/h2-3,5,8,10,17,19H,4,6-7,9H2,1H3. The number of benzene rings is 1. The highest BCUT2D eigenvalue weighted by molar-refractivity contribution is 6.31. The van der Waals surface area contributed by atoms with Crippen molar-refractivity contribution in [1.29, 1.82) is 0 Å². The van der Waals surface area contributed by atoms with Crippen molar-refractivity contribution in [2.24, 2.45) is 0 Å². The zero-order valence-corrected chi connectivity index (χ0v) is 11.7. The maximum atomic E-state index is 8.76. The second-order valence-corrected chi connectivity index (χ2v) is 4.78. The maximum absolute atomic E-state index is 8.76. The molecule has 0 spiro atoms. The van der Waals surface area contributed by atoms with Gasteiger partial charge in [0.15, 0.2) is 0 Å². The van der Waals surface area contributed by atoms with Crippen molar-refractivity contribution in [2.45, 2.75) is 19.9 Å². The first kappa shape index (κ1) is 13.9. The molecule has 4 nitrogen and oxygen atoms in total. The number of aryl methyl sites for hydroxylation is 3. The molecule has 0 bridgehead atoms. The SMILES string of the molecule is Cc1nccn1CCc1ccc(NCCO)cc1Cl. The monoisotopic (exact) mass is 279 g/mol. The Morgan fingerprint density at radius 3 is 2.89 bits per heavy atom. The van der Waals surface area contributed by atoms with Gasteiger partial charge in [-0.1, -0.05) is 17.7 Å². The van der Waals surface area contributed by atoms with Crippen LogP contribution >= 0.6 is 11.6 Å². The maximum Gasteiger partial charge on any atom is 0.105 e. The van der Waals surface area contributed by atoms with Crippen LogP contribution in [0.4, 0.5) is 5.69 Å². The predicted molar refractivity (Wildman–Crippen MR) is 77.7 cm³/mol. The van der Waals surface area contributed by atoms with E-state index in [2.05, 4.69) is 14.9 Å². The third-order valence-corrected chi connectivity index (χ3v) is 3.39. The summed E-state index contributed by atoms with van der Waals surface area (Å²) in [6.45, 7) is 3.50. The van der Waals surface area contributed by atoms with E-state index in [9.17, 15) is 0 Å². The van der Waals surface area contributed by atoms with Crippen molar-refractivity contribution >= 4 is 17.3 Å². The first-order valence-corrected chi connectivity index (χ1v) is 6.69. The fourth-order valence-corrected chi connectivity index (χ4v) is 2.22. The smallest absolute Gasteiger partial charge is 0.105 e. The van der Waals surface area contributed by atoms with Gasteiger partial charge in [-0.25, -0.2) is 4.98 Å². The van der Waals surface area contributed by atoms with Gasteiger partial charge >= 0.3 is 0 Å². The lowest BCUT2D eigenvalue weighted by Crippen LogP contribution is -2.06. The van der Waals surface area contributed by atoms with Gasteiger partial charge in [0.05, 0.1) is 6.61 Å². The van der Waals surface area contributed by atoms with Crippen molar-refractivity contribution in [1.82, 2.24) is 9.55 Å². The summed E-state index contributed by atoms with van der Waals surface area (Å²) in [6.07, 6.45) is 4.65. The van der Waals surface area contributed by atoms with E-state index in [1.807, 2.05) is 31.3 Å². The van der Waals surface area contributed by atoms with Crippen LogP contribution in [0.2, 0.25) is 5.02 Å². The third-order valence-electron chi connectivity index (χ3n) is 3.04. The Morgan fingerprint density at radius 2 is 2.26 bits per heavy atom. The normalized spacial score (nSPS) is 10.7. The number of aromatic nitrogens is 2. The fourth-order valence-electron chi connectivity index (χ4n) is 1.94. The molecular weight excluding hydrogens is 262 g/mol. The van der Waals surface area contributed by atoms with E-state index in [-0.39, 0.29) is 6.61 Å². The minimum absolute atomic E-state index is 0.110. The fraction of sp³-hybridized carbons (Fsp3) is 0.357. The van der Waals surface area contributed by atoms with Gasteiger partial charge in [-0.3, -0.25) is 0 Å². The Balaban J connectivity index is 1.99. The van der Waals surface area contributed by atoms with E-state index in [0.717, 1.165) is 35.1 Å². The highest BCUT2D eigenvalue weighted by Crippen LogP contribution is 2.21. The molecule has 2 N–H and O–H groups in total. The molecule has 1 aromatic carbocycles. The van der Waals surface area contributed by atoms with E-state index in [1.54, 1.807) is 6.20 Å². The molecule has 102 valence electrons. The summed E-state index contributed by atoms with van der Waals surface area (Å²) < 4.78 is 2.11. The van der Waals surface area contributed by atoms with Gasteiger partial charge in [-0.2, -0.15) is 0 Å². The second-order valence-electron chi connectivity index (χ2n) is 4.37. The summed E-state index contributed by atoms with van der Waals surface area (Å²) in [7, 11) is 0. The predicted octanol–water partition coefficient (Wildman–Crippen LogP) is 2.49. The largest absolute Gasteiger partial charge is 0.395 e. The number of halogens is 1. The van der Waals surface area contributed by atoms with Crippen LogP contribution in [0.25, 0.3) is 0 Å². The molecule has 0 saturated carbocycles. The summed E-state index contributed by atoms with van der Waals surface area (Å²) in [5, 5.41) is 12.6. The van der Waals surface area contributed by atoms with Gasteiger partial charge in [-0.05, 0) is 31.0 Å². The number of aliphatic hydroxyl groups is 1. The van der Waals surface area contributed by atoms with E-state index in [0.29, 0.717) is 6.54 Å². The Hall–Kier alpha value is -1.52. The van der Waals surface area contributed by atoms with Crippen molar-refractivity contribution in [3.8, 4) is 0 Å². The van der Waals surface area contributed by atoms with E-state index >= 15 is 0 Å². The molecule has 0 aliphatic carbocycles. The minimum Gasteiger partial charge on any atom is -0.395 e. The molecule has 0 radical (unpaired) electrons. The minimum atomic E-state index is 0.110. The van der Waals surface area contributed by atoms with Gasteiger partial charge < -0.3 is 15.0 Å². The Labute approximate surface area is 118 Å². The molecule has 2 rings (SSSR count). The van der Waals surface area contributed by atoms with Crippen LogP contribution in [-0.2, 0) is 13.0 Å². The van der Waals surface area contributed by atoms with Crippen LogP contribution in [0.1, 0.15) is 11.4 Å². The van der Waals surface area contributed by atoms with E-state index in [1.165, 1.54) is 0 Å². The van der Waals surface area contributed by atoms with Crippen LogP contribution < -0.4 is 5.32 Å². The molecule has 0 atom stereocenters. The van der Waals surface area contributed by atoms with Gasteiger partial charge in [-0.15, -0.1) is 0 Å². The lowest BCUT2D eigenvalue weighted by molar-refractivity contribution is 0.311. The number of imidazole rings is 1.